The van der Waals surface area contributed by atoms with Crippen molar-refractivity contribution in [2.45, 2.75) is 26.0 Å². The molecule has 0 aliphatic carbocycles. The summed E-state index contributed by atoms with van der Waals surface area (Å²) in [6.07, 6.45) is 0.202. The molecule has 0 N–H and O–H groups in total. The van der Waals surface area contributed by atoms with Crippen LogP contribution in [0.5, 0.6) is 5.75 Å². The van der Waals surface area contributed by atoms with E-state index in [0.29, 0.717) is 6.54 Å². The van der Waals surface area contributed by atoms with E-state index in [1.54, 1.807) is 12.0 Å². The van der Waals surface area contributed by atoms with Gasteiger partial charge in [0.05, 0.1) is 19.1 Å². The summed E-state index contributed by atoms with van der Waals surface area (Å²) in [7, 11) is 1.62. The molecule has 1 aliphatic heterocycles. The lowest BCUT2D eigenvalue weighted by Gasteiger charge is -2.25. The Morgan fingerprint density at radius 2 is 1.85 bits per heavy atom. The van der Waals surface area contributed by atoms with Crippen molar-refractivity contribution >= 4 is 11.9 Å². The molecule has 0 radical (unpaired) electrons. The number of esters is 1. The van der Waals surface area contributed by atoms with Gasteiger partial charge < -0.3 is 14.4 Å². The Bertz CT molecular complexity index is 757. The van der Waals surface area contributed by atoms with Gasteiger partial charge in [-0.15, -0.1) is 0 Å². The van der Waals surface area contributed by atoms with E-state index in [1.165, 1.54) is 0 Å². The Balaban J connectivity index is 1.59. The normalized spacial score (nSPS) is 17.8. The molecular weight excluding hydrogens is 330 g/mol. The number of hydrogen-bond donors (Lipinski definition) is 0. The van der Waals surface area contributed by atoms with Crippen LogP contribution in [0.2, 0.25) is 0 Å². The van der Waals surface area contributed by atoms with Gasteiger partial charge in [0, 0.05) is 13.0 Å². The summed E-state index contributed by atoms with van der Waals surface area (Å²) in [5.74, 6) is 0.0320. The molecule has 1 heterocycles. The van der Waals surface area contributed by atoms with Crippen LogP contribution in [0, 0.1) is 5.92 Å². The number of benzene rings is 2. The standard InChI is InChI=1S/C21H23NO4/c1-15(17-8-10-19(25-2)11-9-17)22-13-18(12-20(22)23)21(24)26-14-16-6-4-3-5-7-16/h3-11,15,18H,12-14H2,1-2H3/t15-,18-/m1/s1. The van der Waals surface area contributed by atoms with Crippen molar-refractivity contribution in [1.82, 2.24) is 4.90 Å². The highest BCUT2D eigenvalue weighted by atomic mass is 16.5. The summed E-state index contributed by atoms with van der Waals surface area (Å²) in [6.45, 7) is 2.59. The van der Waals surface area contributed by atoms with Crippen LogP contribution in [0.25, 0.3) is 0 Å². The van der Waals surface area contributed by atoms with Crippen LogP contribution < -0.4 is 4.74 Å². The van der Waals surface area contributed by atoms with E-state index < -0.39 is 5.92 Å². The molecule has 1 fully saturated rings. The average molecular weight is 353 g/mol. The third-order valence-electron chi connectivity index (χ3n) is 4.78. The fraction of sp³-hybridized carbons (Fsp3) is 0.333. The maximum absolute atomic E-state index is 12.4. The Kier molecular flexibility index (Phi) is 5.56. The molecule has 136 valence electrons. The van der Waals surface area contributed by atoms with Crippen LogP contribution in [0.15, 0.2) is 54.6 Å². The number of rotatable bonds is 6. The second-order valence-corrected chi connectivity index (χ2v) is 6.49. The minimum Gasteiger partial charge on any atom is -0.497 e. The molecule has 0 aromatic heterocycles. The number of amides is 1. The minimum atomic E-state index is -0.410. The highest BCUT2D eigenvalue weighted by Crippen LogP contribution is 2.30. The summed E-state index contributed by atoms with van der Waals surface area (Å²) in [6, 6.07) is 17.1. The first kappa shape index (κ1) is 18.0. The maximum Gasteiger partial charge on any atom is 0.311 e. The molecule has 1 aliphatic rings. The van der Waals surface area contributed by atoms with Gasteiger partial charge in [-0.1, -0.05) is 42.5 Å². The zero-order valence-electron chi connectivity index (χ0n) is 15.1. The lowest BCUT2D eigenvalue weighted by molar-refractivity contribution is -0.149. The van der Waals surface area contributed by atoms with Crippen LogP contribution >= 0.6 is 0 Å². The number of ether oxygens (including phenoxy) is 2. The molecule has 26 heavy (non-hydrogen) atoms. The van der Waals surface area contributed by atoms with Crippen LogP contribution in [0.4, 0.5) is 0 Å². The van der Waals surface area contributed by atoms with E-state index >= 15 is 0 Å². The first-order valence-corrected chi connectivity index (χ1v) is 8.72. The fourth-order valence-corrected chi connectivity index (χ4v) is 3.17. The van der Waals surface area contributed by atoms with Crippen LogP contribution in [-0.4, -0.2) is 30.4 Å². The topological polar surface area (TPSA) is 55.8 Å². The average Bonchev–Trinajstić information content (AvgIpc) is 3.08. The monoisotopic (exact) mass is 353 g/mol. The van der Waals surface area contributed by atoms with Crippen molar-refractivity contribution in [1.29, 1.82) is 0 Å². The Labute approximate surface area is 153 Å². The van der Waals surface area contributed by atoms with Gasteiger partial charge in [-0.05, 0) is 30.2 Å². The molecule has 2 atom stereocenters. The molecule has 5 nitrogen and oxygen atoms in total. The summed E-state index contributed by atoms with van der Waals surface area (Å²) in [5, 5.41) is 0. The van der Waals surface area contributed by atoms with E-state index in [2.05, 4.69) is 0 Å². The van der Waals surface area contributed by atoms with Gasteiger partial charge in [0.15, 0.2) is 0 Å². The van der Waals surface area contributed by atoms with Gasteiger partial charge in [0.2, 0.25) is 5.91 Å². The van der Waals surface area contributed by atoms with E-state index in [-0.39, 0.29) is 30.9 Å². The minimum absolute atomic E-state index is 0.0185. The predicted molar refractivity (Wildman–Crippen MR) is 97.5 cm³/mol. The molecule has 2 aromatic rings. The molecule has 1 saturated heterocycles. The van der Waals surface area contributed by atoms with Gasteiger partial charge in [-0.2, -0.15) is 0 Å². The SMILES string of the molecule is COc1ccc([C@@H](C)N2C[C@H](C(=O)OCc3ccccc3)CC2=O)cc1. The quantitative estimate of drug-likeness (QED) is 0.748. The van der Waals surface area contributed by atoms with E-state index in [1.807, 2.05) is 61.5 Å². The number of carbonyl (C=O) groups is 2. The van der Waals surface area contributed by atoms with Crippen molar-refractivity contribution in [3.8, 4) is 5.75 Å². The molecule has 0 spiro atoms. The summed E-state index contributed by atoms with van der Waals surface area (Å²) >= 11 is 0. The van der Waals surface area contributed by atoms with Gasteiger partial charge in [-0.3, -0.25) is 9.59 Å². The number of likely N-dealkylation sites (tertiary alicyclic amines) is 1. The number of methoxy groups -OCH3 is 1. The summed E-state index contributed by atoms with van der Waals surface area (Å²) in [5.41, 5.74) is 1.95. The molecule has 2 aromatic carbocycles. The van der Waals surface area contributed by atoms with Gasteiger partial charge in [0.25, 0.3) is 0 Å². The van der Waals surface area contributed by atoms with Crippen LogP contribution in [0.3, 0.4) is 0 Å². The third kappa shape index (κ3) is 4.04. The van der Waals surface area contributed by atoms with Crippen molar-refractivity contribution in [3.05, 3.63) is 65.7 Å². The fourth-order valence-electron chi connectivity index (χ4n) is 3.17. The first-order chi connectivity index (χ1) is 12.6. The Hall–Kier alpha value is -2.82. The lowest BCUT2D eigenvalue weighted by Crippen LogP contribution is -2.29. The van der Waals surface area contributed by atoms with Crippen molar-refractivity contribution in [2.24, 2.45) is 5.92 Å². The molecule has 5 heteroatoms. The van der Waals surface area contributed by atoms with E-state index in [9.17, 15) is 9.59 Å². The van der Waals surface area contributed by atoms with Gasteiger partial charge in [0.1, 0.15) is 12.4 Å². The van der Waals surface area contributed by atoms with E-state index in [0.717, 1.165) is 16.9 Å². The molecule has 1 amide bonds. The zero-order chi connectivity index (χ0) is 18.5. The predicted octanol–water partition coefficient (Wildman–Crippen LogP) is 3.35. The molecule has 0 unspecified atom stereocenters. The zero-order valence-corrected chi connectivity index (χ0v) is 15.1. The summed E-state index contributed by atoms with van der Waals surface area (Å²) < 4.78 is 10.6. The molecule has 0 bridgehead atoms. The van der Waals surface area contributed by atoms with Gasteiger partial charge >= 0.3 is 5.97 Å². The molecule has 0 saturated carbocycles. The van der Waals surface area contributed by atoms with Crippen molar-refractivity contribution < 1.29 is 19.1 Å². The molecular formula is C21H23NO4. The lowest BCUT2D eigenvalue weighted by atomic mass is 10.1. The van der Waals surface area contributed by atoms with Crippen molar-refractivity contribution in [2.75, 3.05) is 13.7 Å². The second-order valence-electron chi connectivity index (χ2n) is 6.49. The van der Waals surface area contributed by atoms with Crippen LogP contribution in [0.1, 0.15) is 30.5 Å². The second kappa shape index (κ2) is 8.04. The maximum atomic E-state index is 12.4. The van der Waals surface area contributed by atoms with Crippen molar-refractivity contribution in [3.63, 3.8) is 0 Å². The number of nitrogens with zero attached hydrogens (tertiary/aromatic N) is 1. The van der Waals surface area contributed by atoms with E-state index in [4.69, 9.17) is 9.47 Å². The third-order valence-corrected chi connectivity index (χ3v) is 4.78. The smallest absolute Gasteiger partial charge is 0.311 e. The first-order valence-electron chi connectivity index (χ1n) is 8.72. The summed E-state index contributed by atoms with van der Waals surface area (Å²) in [4.78, 5) is 26.5. The number of carbonyl (C=O) groups excluding carboxylic acids is 2. The highest BCUT2D eigenvalue weighted by molar-refractivity contribution is 5.87. The number of hydrogen-bond acceptors (Lipinski definition) is 4. The van der Waals surface area contributed by atoms with Crippen LogP contribution in [-0.2, 0) is 20.9 Å². The molecule has 3 rings (SSSR count). The Morgan fingerprint density at radius 3 is 2.50 bits per heavy atom. The van der Waals surface area contributed by atoms with Gasteiger partial charge in [-0.25, -0.2) is 0 Å². The Morgan fingerprint density at radius 1 is 1.15 bits per heavy atom. The largest absolute Gasteiger partial charge is 0.497 e. The highest BCUT2D eigenvalue weighted by Gasteiger charge is 2.37.